The fourth-order valence-electron chi connectivity index (χ4n) is 2.39. The number of aliphatic hydroxyl groups excluding tert-OH is 1. The quantitative estimate of drug-likeness (QED) is 0.912. The van der Waals surface area contributed by atoms with Crippen molar-refractivity contribution in [2.75, 3.05) is 24.2 Å². The van der Waals surface area contributed by atoms with Gasteiger partial charge in [-0.2, -0.15) is 11.8 Å². The van der Waals surface area contributed by atoms with Gasteiger partial charge in [-0.3, -0.25) is 4.98 Å². The number of rotatable bonds is 3. The van der Waals surface area contributed by atoms with Crippen LogP contribution in [0.5, 0.6) is 0 Å². The number of hydrogen-bond acceptors (Lipinski definition) is 4. The summed E-state index contributed by atoms with van der Waals surface area (Å²) in [5, 5.41) is 10.3. The van der Waals surface area contributed by atoms with Crippen LogP contribution in [0, 0.1) is 0 Å². The van der Waals surface area contributed by atoms with Gasteiger partial charge in [-0.15, -0.1) is 0 Å². The van der Waals surface area contributed by atoms with Crippen molar-refractivity contribution in [3.63, 3.8) is 0 Å². The number of aromatic nitrogens is 1. The maximum atomic E-state index is 9.46. The molecule has 4 heteroatoms. The van der Waals surface area contributed by atoms with Crippen molar-refractivity contribution in [2.45, 2.75) is 37.5 Å². The summed E-state index contributed by atoms with van der Waals surface area (Å²) in [4.78, 5) is 6.74. The van der Waals surface area contributed by atoms with Crippen LogP contribution >= 0.6 is 11.8 Å². The van der Waals surface area contributed by atoms with Crippen molar-refractivity contribution in [3.8, 4) is 0 Å². The molecule has 1 aliphatic rings. The zero-order valence-corrected chi connectivity index (χ0v) is 12.0. The molecule has 0 bridgehead atoms. The van der Waals surface area contributed by atoms with Crippen molar-refractivity contribution in [1.29, 1.82) is 0 Å². The SMILES string of the molecule is CSC1CCCN(c2ccc([C@@H](C)O)nc2)CC1. The Hall–Kier alpha value is -0.740. The molecular formula is C14H22N2OS. The second-order valence-corrected chi connectivity index (χ2v) is 6.03. The van der Waals surface area contributed by atoms with Gasteiger partial charge in [0.2, 0.25) is 0 Å². The van der Waals surface area contributed by atoms with Crippen LogP contribution in [0.3, 0.4) is 0 Å². The number of hydrogen-bond donors (Lipinski definition) is 1. The molecule has 1 unspecified atom stereocenters. The summed E-state index contributed by atoms with van der Waals surface area (Å²) in [7, 11) is 0. The van der Waals surface area contributed by atoms with Crippen molar-refractivity contribution in [1.82, 2.24) is 4.98 Å². The average Bonchev–Trinajstić information content (AvgIpc) is 2.64. The van der Waals surface area contributed by atoms with Crippen molar-refractivity contribution in [2.24, 2.45) is 0 Å². The highest BCUT2D eigenvalue weighted by Gasteiger charge is 2.16. The van der Waals surface area contributed by atoms with E-state index in [-0.39, 0.29) is 0 Å². The monoisotopic (exact) mass is 266 g/mol. The molecule has 1 aromatic heterocycles. The van der Waals surface area contributed by atoms with Gasteiger partial charge in [0.15, 0.2) is 0 Å². The van der Waals surface area contributed by atoms with E-state index in [0.29, 0.717) is 0 Å². The minimum absolute atomic E-state index is 0.482. The first-order valence-corrected chi connectivity index (χ1v) is 7.91. The molecule has 0 aromatic carbocycles. The lowest BCUT2D eigenvalue weighted by atomic mass is 10.2. The Kier molecular flexibility index (Phi) is 4.89. The first-order chi connectivity index (χ1) is 8.70. The minimum Gasteiger partial charge on any atom is -0.387 e. The molecule has 0 saturated carbocycles. The maximum Gasteiger partial charge on any atom is 0.0931 e. The summed E-state index contributed by atoms with van der Waals surface area (Å²) in [6.07, 6.45) is 7.43. The highest BCUT2D eigenvalue weighted by atomic mass is 32.2. The Labute approximate surface area is 114 Å². The molecule has 0 radical (unpaired) electrons. The van der Waals surface area contributed by atoms with Crippen LogP contribution in [-0.2, 0) is 0 Å². The maximum absolute atomic E-state index is 9.46. The van der Waals surface area contributed by atoms with Gasteiger partial charge >= 0.3 is 0 Å². The lowest BCUT2D eigenvalue weighted by Crippen LogP contribution is -2.24. The highest BCUT2D eigenvalue weighted by molar-refractivity contribution is 7.99. The summed E-state index contributed by atoms with van der Waals surface area (Å²) in [5.74, 6) is 0. The fourth-order valence-corrected chi connectivity index (χ4v) is 3.13. The zero-order chi connectivity index (χ0) is 13.0. The standard InChI is InChI=1S/C14H22N2OS/c1-11(17)14-6-5-12(10-15-14)16-8-3-4-13(18-2)7-9-16/h5-6,10-11,13,17H,3-4,7-9H2,1-2H3/t11-,13?/m1/s1. The number of anilines is 1. The van der Waals surface area contributed by atoms with E-state index in [9.17, 15) is 5.11 Å². The number of aliphatic hydroxyl groups is 1. The summed E-state index contributed by atoms with van der Waals surface area (Å²) in [6.45, 7) is 3.98. The van der Waals surface area contributed by atoms with Crippen molar-refractivity contribution in [3.05, 3.63) is 24.0 Å². The van der Waals surface area contributed by atoms with Gasteiger partial charge in [-0.05, 0) is 44.6 Å². The second kappa shape index (κ2) is 6.43. The average molecular weight is 266 g/mol. The number of nitrogens with zero attached hydrogens (tertiary/aromatic N) is 2. The third-order valence-electron chi connectivity index (χ3n) is 3.57. The number of thioether (sulfide) groups is 1. The molecule has 2 atom stereocenters. The predicted octanol–water partition coefficient (Wildman–Crippen LogP) is 2.86. The first kappa shape index (κ1) is 13.7. The van der Waals surface area contributed by atoms with Gasteiger partial charge in [0, 0.05) is 18.3 Å². The van der Waals surface area contributed by atoms with Crippen LogP contribution < -0.4 is 4.90 Å². The Morgan fingerprint density at radius 2 is 2.22 bits per heavy atom. The molecule has 1 N–H and O–H groups in total. The van der Waals surface area contributed by atoms with Crippen LogP contribution in [-0.4, -0.2) is 34.7 Å². The summed E-state index contributed by atoms with van der Waals surface area (Å²) < 4.78 is 0. The molecule has 0 spiro atoms. The predicted molar refractivity (Wildman–Crippen MR) is 78.2 cm³/mol. The van der Waals surface area contributed by atoms with Gasteiger partial charge < -0.3 is 10.0 Å². The normalized spacial score (nSPS) is 22.6. The van der Waals surface area contributed by atoms with E-state index in [1.165, 1.54) is 24.9 Å². The van der Waals surface area contributed by atoms with Crippen LogP contribution in [0.1, 0.15) is 38.0 Å². The molecule has 3 nitrogen and oxygen atoms in total. The molecule has 0 aliphatic carbocycles. The van der Waals surface area contributed by atoms with E-state index >= 15 is 0 Å². The lowest BCUT2D eigenvalue weighted by molar-refractivity contribution is 0.194. The van der Waals surface area contributed by atoms with Gasteiger partial charge in [-0.1, -0.05) is 0 Å². The van der Waals surface area contributed by atoms with Gasteiger partial charge in [0.25, 0.3) is 0 Å². The summed E-state index contributed by atoms with van der Waals surface area (Å²) >= 11 is 1.99. The molecule has 2 heterocycles. The van der Waals surface area contributed by atoms with Crippen LogP contribution in [0.25, 0.3) is 0 Å². The van der Waals surface area contributed by atoms with Crippen LogP contribution in [0.2, 0.25) is 0 Å². The highest BCUT2D eigenvalue weighted by Crippen LogP contribution is 2.25. The van der Waals surface area contributed by atoms with Gasteiger partial charge in [0.05, 0.1) is 23.7 Å². The van der Waals surface area contributed by atoms with E-state index < -0.39 is 6.10 Å². The van der Waals surface area contributed by atoms with E-state index in [2.05, 4.69) is 22.2 Å². The largest absolute Gasteiger partial charge is 0.387 e. The topological polar surface area (TPSA) is 36.4 Å². The second-order valence-electron chi connectivity index (χ2n) is 4.89. The molecular weight excluding hydrogens is 244 g/mol. The van der Waals surface area contributed by atoms with Gasteiger partial charge in [-0.25, -0.2) is 0 Å². The smallest absolute Gasteiger partial charge is 0.0931 e. The van der Waals surface area contributed by atoms with E-state index in [0.717, 1.165) is 24.0 Å². The lowest BCUT2D eigenvalue weighted by Gasteiger charge is -2.22. The summed E-state index contributed by atoms with van der Waals surface area (Å²) in [6, 6.07) is 4.01. The third kappa shape index (κ3) is 3.39. The first-order valence-electron chi connectivity index (χ1n) is 6.62. The Morgan fingerprint density at radius 3 is 2.83 bits per heavy atom. The Morgan fingerprint density at radius 1 is 1.39 bits per heavy atom. The van der Waals surface area contributed by atoms with Gasteiger partial charge in [0.1, 0.15) is 0 Å². The third-order valence-corrected chi connectivity index (χ3v) is 4.71. The minimum atomic E-state index is -0.482. The Bertz CT molecular complexity index is 367. The molecule has 0 amide bonds. The van der Waals surface area contributed by atoms with E-state index in [1.54, 1.807) is 6.92 Å². The van der Waals surface area contributed by atoms with Crippen molar-refractivity contribution >= 4 is 17.4 Å². The molecule has 1 fully saturated rings. The molecule has 1 aliphatic heterocycles. The summed E-state index contributed by atoms with van der Waals surface area (Å²) in [5.41, 5.74) is 1.93. The Balaban J connectivity index is 2.02. The van der Waals surface area contributed by atoms with Crippen LogP contribution in [0.15, 0.2) is 18.3 Å². The number of pyridine rings is 1. The van der Waals surface area contributed by atoms with E-state index in [4.69, 9.17) is 0 Å². The van der Waals surface area contributed by atoms with Crippen LogP contribution in [0.4, 0.5) is 5.69 Å². The van der Waals surface area contributed by atoms with Crippen molar-refractivity contribution < 1.29 is 5.11 Å². The van der Waals surface area contributed by atoms with E-state index in [1.807, 2.05) is 24.0 Å². The molecule has 2 rings (SSSR count). The molecule has 100 valence electrons. The molecule has 1 aromatic rings. The fraction of sp³-hybridized carbons (Fsp3) is 0.643. The zero-order valence-electron chi connectivity index (χ0n) is 11.2. The molecule has 18 heavy (non-hydrogen) atoms. The molecule has 1 saturated heterocycles.